The van der Waals surface area contributed by atoms with E-state index >= 15 is 0 Å². The second-order valence-electron chi connectivity index (χ2n) is 5.26. The van der Waals surface area contributed by atoms with Gasteiger partial charge < -0.3 is 14.6 Å². The van der Waals surface area contributed by atoms with E-state index < -0.39 is 0 Å². The Balaban J connectivity index is 2.02. The summed E-state index contributed by atoms with van der Waals surface area (Å²) < 4.78 is 7.05. The number of thioether (sulfide) groups is 1. The Morgan fingerprint density at radius 3 is 2.65 bits per heavy atom. The van der Waals surface area contributed by atoms with Gasteiger partial charge in [0.1, 0.15) is 5.75 Å². The molecule has 1 N–H and O–H groups in total. The van der Waals surface area contributed by atoms with Gasteiger partial charge in [0.15, 0.2) is 11.0 Å². The summed E-state index contributed by atoms with van der Waals surface area (Å²) in [5, 5.41) is 12.0. The van der Waals surface area contributed by atoms with Crippen molar-refractivity contribution in [2.75, 3.05) is 12.9 Å². The van der Waals surface area contributed by atoms with E-state index in [1.807, 2.05) is 49.7 Å². The molecule has 1 heterocycles. The molecule has 1 aromatic carbocycles. The maximum absolute atomic E-state index is 11.8. The Bertz CT molecular complexity index is 655. The molecule has 0 saturated heterocycles. The third-order valence-electron chi connectivity index (χ3n) is 3.54. The lowest BCUT2D eigenvalue weighted by Gasteiger charge is -2.10. The normalized spacial score (nSPS) is 12.0. The van der Waals surface area contributed by atoms with Crippen LogP contribution in [0.2, 0.25) is 0 Å². The first kappa shape index (κ1) is 17.3. The van der Waals surface area contributed by atoms with Crippen LogP contribution in [0.4, 0.5) is 0 Å². The number of methoxy groups -OCH3 is 1. The number of hydrogen-bond donors (Lipinski definition) is 1. The molecule has 6 nitrogen and oxygen atoms in total. The minimum Gasteiger partial charge on any atom is -0.497 e. The zero-order chi connectivity index (χ0) is 16.8. The van der Waals surface area contributed by atoms with Gasteiger partial charge in [-0.1, -0.05) is 18.7 Å². The number of aromatic nitrogens is 3. The summed E-state index contributed by atoms with van der Waals surface area (Å²) >= 11 is 1.38. The van der Waals surface area contributed by atoms with Crippen LogP contribution in [0.15, 0.2) is 29.4 Å². The minimum atomic E-state index is 0.0124. The van der Waals surface area contributed by atoms with E-state index in [0.717, 1.165) is 28.7 Å². The molecular formula is C16H22N4O2S. The monoisotopic (exact) mass is 334 g/mol. The molecule has 2 rings (SSSR count). The third-order valence-corrected chi connectivity index (χ3v) is 4.56. The van der Waals surface area contributed by atoms with Crippen molar-refractivity contribution in [1.29, 1.82) is 0 Å². The van der Waals surface area contributed by atoms with Crippen LogP contribution in [0.1, 0.15) is 20.3 Å². The number of carbonyl (C=O) groups is 1. The summed E-state index contributed by atoms with van der Waals surface area (Å²) in [4.78, 5) is 11.8. The van der Waals surface area contributed by atoms with Crippen molar-refractivity contribution < 1.29 is 9.53 Å². The van der Waals surface area contributed by atoms with Crippen molar-refractivity contribution in [2.24, 2.45) is 7.05 Å². The van der Waals surface area contributed by atoms with E-state index in [0.29, 0.717) is 5.75 Å². The van der Waals surface area contributed by atoms with E-state index in [1.165, 1.54) is 11.8 Å². The van der Waals surface area contributed by atoms with Crippen LogP contribution in [-0.2, 0) is 11.8 Å². The maximum atomic E-state index is 11.8. The highest BCUT2D eigenvalue weighted by Crippen LogP contribution is 2.24. The number of carbonyl (C=O) groups excluding carboxylic acids is 1. The van der Waals surface area contributed by atoms with Gasteiger partial charge in [-0.25, -0.2) is 0 Å². The van der Waals surface area contributed by atoms with Crippen LogP contribution in [0.5, 0.6) is 5.75 Å². The lowest BCUT2D eigenvalue weighted by molar-refractivity contribution is -0.119. The van der Waals surface area contributed by atoms with E-state index in [1.54, 1.807) is 7.11 Å². The van der Waals surface area contributed by atoms with Crippen molar-refractivity contribution in [1.82, 2.24) is 20.1 Å². The van der Waals surface area contributed by atoms with Gasteiger partial charge in [0.05, 0.1) is 12.9 Å². The molecule has 0 aliphatic rings. The lowest BCUT2D eigenvalue weighted by Crippen LogP contribution is -2.33. The number of nitrogens with zero attached hydrogens (tertiary/aromatic N) is 3. The number of hydrogen-bond acceptors (Lipinski definition) is 5. The molecule has 23 heavy (non-hydrogen) atoms. The zero-order valence-corrected chi connectivity index (χ0v) is 14.7. The van der Waals surface area contributed by atoms with Crippen LogP contribution in [-0.4, -0.2) is 39.6 Å². The van der Waals surface area contributed by atoms with E-state index in [4.69, 9.17) is 4.74 Å². The van der Waals surface area contributed by atoms with E-state index in [-0.39, 0.29) is 11.9 Å². The highest BCUT2D eigenvalue weighted by Gasteiger charge is 2.13. The predicted octanol–water partition coefficient (Wildman–Crippen LogP) is 2.50. The number of benzene rings is 1. The molecule has 0 aliphatic carbocycles. The zero-order valence-electron chi connectivity index (χ0n) is 13.9. The quantitative estimate of drug-likeness (QED) is 0.788. The van der Waals surface area contributed by atoms with E-state index in [2.05, 4.69) is 15.5 Å². The van der Waals surface area contributed by atoms with Gasteiger partial charge in [-0.05, 0) is 37.6 Å². The van der Waals surface area contributed by atoms with Crippen LogP contribution in [0.3, 0.4) is 0 Å². The smallest absolute Gasteiger partial charge is 0.230 e. The first-order chi connectivity index (χ1) is 11.0. The van der Waals surface area contributed by atoms with Gasteiger partial charge in [0.25, 0.3) is 0 Å². The fraction of sp³-hybridized carbons (Fsp3) is 0.438. The SMILES string of the molecule is CC[C@@H](C)NC(=O)CSc1nnc(-c2ccc(OC)cc2)n1C. The molecule has 0 radical (unpaired) electrons. The number of ether oxygens (including phenoxy) is 1. The van der Waals surface area contributed by atoms with E-state index in [9.17, 15) is 4.79 Å². The van der Waals surface area contributed by atoms with Gasteiger partial charge in [0.2, 0.25) is 5.91 Å². The summed E-state index contributed by atoms with van der Waals surface area (Å²) in [7, 11) is 3.53. The molecule has 2 aromatic rings. The number of amides is 1. The summed E-state index contributed by atoms with van der Waals surface area (Å²) in [5.74, 6) is 1.90. The summed E-state index contributed by atoms with van der Waals surface area (Å²) in [5.41, 5.74) is 0.955. The topological polar surface area (TPSA) is 69.0 Å². The molecular weight excluding hydrogens is 312 g/mol. The first-order valence-corrected chi connectivity index (χ1v) is 8.49. The van der Waals surface area contributed by atoms with Crippen LogP contribution in [0, 0.1) is 0 Å². The summed E-state index contributed by atoms with van der Waals surface area (Å²) in [6, 6.07) is 7.84. The molecule has 0 spiro atoms. The van der Waals surface area contributed by atoms with Gasteiger partial charge in [-0.2, -0.15) is 0 Å². The highest BCUT2D eigenvalue weighted by atomic mass is 32.2. The maximum Gasteiger partial charge on any atom is 0.230 e. The van der Waals surface area contributed by atoms with Gasteiger partial charge in [-0.3, -0.25) is 4.79 Å². The molecule has 7 heteroatoms. The highest BCUT2D eigenvalue weighted by molar-refractivity contribution is 7.99. The molecule has 124 valence electrons. The van der Waals surface area contributed by atoms with Crippen LogP contribution >= 0.6 is 11.8 Å². The van der Waals surface area contributed by atoms with Crippen molar-refractivity contribution in [3.8, 4) is 17.1 Å². The Morgan fingerprint density at radius 2 is 2.04 bits per heavy atom. The molecule has 1 aromatic heterocycles. The van der Waals surface area contributed by atoms with Gasteiger partial charge in [0, 0.05) is 18.7 Å². The Morgan fingerprint density at radius 1 is 1.35 bits per heavy atom. The van der Waals surface area contributed by atoms with Crippen molar-refractivity contribution >= 4 is 17.7 Å². The second-order valence-corrected chi connectivity index (χ2v) is 6.20. The fourth-order valence-electron chi connectivity index (χ4n) is 1.98. The van der Waals surface area contributed by atoms with Crippen molar-refractivity contribution in [2.45, 2.75) is 31.5 Å². The predicted molar refractivity (Wildman–Crippen MR) is 91.6 cm³/mol. The fourth-order valence-corrected chi connectivity index (χ4v) is 2.70. The van der Waals surface area contributed by atoms with Gasteiger partial charge in [-0.15, -0.1) is 10.2 Å². The average molecular weight is 334 g/mol. The largest absolute Gasteiger partial charge is 0.497 e. The van der Waals surface area contributed by atoms with Crippen molar-refractivity contribution in [3.05, 3.63) is 24.3 Å². The molecule has 0 unspecified atom stereocenters. The van der Waals surface area contributed by atoms with Gasteiger partial charge >= 0.3 is 0 Å². The molecule has 1 atom stereocenters. The molecule has 0 fully saturated rings. The second kappa shape index (κ2) is 8.01. The summed E-state index contributed by atoms with van der Waals surface area (Å²) in [6.45, 7) is 4.04. The Hall–Kier alpha value is -2.02. The summed E-state index contributed by atoms with van der Waals surface area (Å²) in [6.07, 6.45) is 0.919. The lowest BCUT2D eigenvalue weighted by atomic mass is 10.2. The average Bonchev–Trinajstić information content (AvgIpc) is 2.93. The molecule has 0 saturated carbocycles. The Labute approximate surface area is 140 Å². The third kappa shape index (κ3) is 4.48. The molecule has 1 amide bonds. The molecule has 0 aliphatic heterocycles. The molecule has 0 bridgehead atoms. The van der Waals surface area contributed by atoms with Crippen LogP contribution in [0.25, 0.3) is 11.4 Å². The number of rotatable bonds is 7. The first-order valence-electron chi connectivity index (χ1n) is 7.51. The minimum absolute atomic E-state index is 0.0124. The van der Waals surface area contributed by atoms with Crippen molar-refractivity contribution in [3.63, 3.8) is 0 Å². The Kier molecular flexibility index (Phi) is 6.04. The standard InChI is InChI=1S/C16H22N4O2S/c1-5-11(2)17-14(21)10-23-16-19-18-15(20(16)3)12-6-8-13(22-4)9-7-12/h6-9,11H,5,10H2,1-4H3,(H,17,21)/t11-/m1/s1. The number of nitrogens with one attached hydrogen (secondary N) is 1. The van der Waals surface area contributed by atoms with Crippen LogP contribution < -0.4 is 10.1 Å².